The third-order valence-electron chi connectivity index (χ3n) is 8.85. The zero-order valence-electron chi connectivity index (χ0n) is 32.4. The van der Waals surface area contributed by atoms with Gasteiger partial charge in [0.2, 0.25) is 0 Å². The third kappa shape index (κ3) is 13.1. The monoisotopic (exact) mass is 851 g/mol. The number of azide groups is 1. The molecule has 0 saturated heterocycles. The summed E-state index contributed by atoms with van der Waals surface area (Å²) in [6.07, 6.45) is 6.14. The minimum atomic E-state index is -4.69. The summed E-state index contributed by atoms with van der Waals surface area (Å²) >= 11 is 12.0. The number of benzene rings is 3. The van der Waals surface area contributed by atoms with E-state index in [1.54, 1.807) is 41.0 Å². The molecule has 5 unspecified atom stereocenters. The Hall–Kier alpha value is -3.28. The van der Waals surface area contributed by atoms with E-state index >= 15 is 0 Å². The number of aliphatic hydroxyl groups excluding tert-OH is 1. The third-order valence-corrected chi connectivity index (χ3v) is 18.1. The first kappa shape index (κ1) is 46.1. The van der Waals surface area contributed by atoms with E-state index in [0.29, 0.717) is 36.5 Å². The fraction of sp³-hybridized carbons (Fsp3) is 0.444. The van der Waals surface area contributed by atoms with Crippen LogP contribution in [0, 0.1) is 0 Å². The van der Waals surface area contributed by atoms with Gasteiger partial charge < -0.3 is 29.1 Å². The Bertz CT molecular complexity index is 1930. The average Bonchev–Trinajstić information content (AvgIpc) is 3.16. The van der Waals surface area contributed by atoms with E-state index in [2.05, 4.69) is 20.2 Å². The first-order valence-corrected chi connectivity index (χ1v) is 24.5. The number of hydrogen-bond donors (Lipinski definition) is 3. The second kappa shape index (κ2) is 20.2. The summed E-state index contributed by atoms with van der Waals surface area (Å²) in [5, 5.41) is 21.6. The highest BCUT2D eigenvalue weighted by Crippen LogP contribution is 2.50. The first-order valence-electron chi connectivity index (χ1n) is 17.6. The Kier molecular flexibility index (Phi) is 17.0. The van der Waals surface area contributed by atoms with E-state index in [9.17, 15) is 19.5 Å². The van der Waals surface area contributed by atoms with Crippen LogP contribution in [0.25, 0.3) is 10.4 Å². The van der Waals surface area contributed by atoms with E-state index < -0.39 is 43.5 Å². The molecule has 0 fully saturated rings. The van der Waals surface area contributed by atoms with Crippen LogP contribution in [0.1, 0.15) is 89.8 Å². The molecule has 0 aliphatic rings. The molecule has 0 bridgehead atoms. The highest BCUT2D eigenvalue weighted by Gasteiger charge is 2.33. The van der Waals surface area contributed by atoms with Crippen molar-refractivity contribution in [2.24, 2.45) is 15.3 Å². The van der Waals surface area contributed by atoms with Crippen LogP contribution in [0.4, 0.5) is 0 Å². The summed E-state index contributed by atoms with van der Waals surface area (Å²) in [5.41, 5.74) is 9.78. The molecular formula is C36H52N7O7P3S2. The second-order valence-corrected chi connectivity index (χ2v) is 22.0. The van der Waals surface area contributed by atoms with E-state index in [0.717, 1.165) is 17.5 Å². The first-order chi connectivity index (χ1) is 25.8. The Morgan fingerprint density at radius 1 is 0.782 bits per heavy atom. The van der Waals surface area contributed by atoms with Gasteiger partial charge in [0.15, 0.2) is 11.6 Å². The van der Waals surface area contributed by atoms with Crippen molar-refractivity contribution in [1.29, 1.82) is 0 Å². The number of aliphatic hydroxyl groups is 1. The molecular weight excluding hydrogens is 799 g/mol. The van der Waals surface area contributed by atoms with Gasteiger partial charge in [0.1, 0.15) is 27.9 Å². The van der Waals surface area contributed by atoms with Crippen LogP contribution in [0.5, 0.6) is 17.2 Å². The maximum Gasteiger partial charge on any atom is 0.358 e. The van der Waals surface area contributed by atoms with E-state index in [4.69, 9.17) is 43.4 Å². The molecule has 0 heterocycles. The quantitative estimate of drug-likeness (QED) is 0.0232. The van der Waals surface area contributed by atoms with Crippen LogP contribution in [-0.4, -0.2) is 67.4 Å². The number of nitrogens with zero attached hydrogens (tertiary/aromatic N) is 7. The predicted molar refractivity (Wildman–Crippen MR) is 230 cm³/mol. The summed E-state index contributed by atoms with van der Waals surface area (Å²) in [7, 11) is -1.02. The minimum Gasteiger partial charge on any atom is -0.481 e. The van der Waals surface area contributed by atoms with Gasteiger partial charge in [-0.3, -0.25) is 14.1 Å². The van der Waals surface area contributed by atoms with Crippen molar-refractivity contribution < 1.29 is 33.7 Å². The largest absolute Gasteiger partial charge is 0.481 e. The van der Waals surface area contributed by atoms with Gasteiger partial charge >= 0.3 is 7.60 Å². The number of ether oxygens (including phenoxy) is 3. The van der Waals surface area contributed by atoms with Crippen molar-refractivity contribution in [1.82, 2.24) is 9.56 Å². The lowest BCUT2D eigenvalue weighted by Gasteiger charge is -2.34. The molecule has 55 heavy (non-hydrogen) atoms. The summed E-state index contributed by atoms with van der Waals surface area (Å²) in [4.78, 5) is 21.5. The highest BCUT2D eigenvalue weighted by molar-refractivity contribution is 8.04. The van der Waals surface area contributed by atoms with Gasteiger partial charge in [0.25, 0.3) is 0 Å². The number of hydrazone groups is 2. The smallest absolute Gasteiger partial charge is 0.358 e. The second-order valence-electron chi connectivity index (χ2n) is 13.4. The van der Waals surface area contributed by atoms with Gasteiger partial charge in [0.05, 0.1) is 26.1 Å². The molecule has 3 aromatic carbocycles. The SMILES string of the molecule is CCC[C@](C)(N=[N+]=[N-])Oc1ccc(/C=N/N(C)[PH](=S)C(C)(CC)Oc2ccc(/C=N/N(C)[PH](=S)C(C)(CC)Oc3ccc(C(O)P(=O)(O)O)cc3)cc2)cc1. The average molecular weight is 852 g/mol. The van der Waals surface area contributed by atoms with Crippen molar-refractivity contribution in [3.8, 4) is 17.2 Å². The van der Waals surface area contributed by atoms with E-state index in [1.165, 1.54) is 12.1 Å². The molecule has 14 nitrogen and oxygen atoms in total. The molecule has 3 N–H and O–H groups in total. The van der Waals surface area contributed by atoms with Crippen LogP contribution in [0.3, 0.4) is 0 Å². The van der Waals surface area contributed by atoms with E-state index in [-0.39, 0.29) is 5.56 Å². The topological polar surface area (TPSA) is 185 Å². The van der Waals surface area contributed by atoms with Crippen LogP contribution < -0.4 is 14.2 Å². The Balaban J connectivity index is 1.62. The molecule has 3 rings (SSSR count). The van der Waals surface area contributed by atoms with Crippen molar-refractivity contribution in [3.63, 3.8) is 0 Å². The fourth-order valence-corrected chi connectivity index (χ4v) is 9.90. The van der Waals surface area contributed by atoms with Gasteiger partial charge in [-0.25, -0.2) is 0 Å². The molecule has 300 valence electrons. The molecule has 3 aromatic rings. The molecule has 19 heteroatoms. The molecule has 0 spiro atoms. The molecule has 0 aliphatic carbocycles. The standard InChI is InChI=1S/C36H52N7O7P3S2/c1-9-24-34(4,40-41-37)48-30-18-12-27(13-19-30)25-38-42(7)51(54)35(5,10-2)49-31-20-14-28(15-21-31)26-39-43(8)52(55)36(6,11-3)50-32-22-16-29(17-23-32)33(44)53(45,46)47/h12-23,25-26,33,44,51-52H,9-11,24H2,1-8H3,(H2,45,46,47)/b38-25+,39-26+/t33?,34-,35?,36?/m1/s1. The highest BCUT2D eigenvalue weighted by atomic mass is 32.4. The molecule has 0 saturated carbocycles. The predicted octanol–water partition coefficient (Wildman–Crippen LogP) is 9.18. The fourth-order valence-electron chi connectivity index (χ4n) is 5.23. The number of hydrogen-bond acceptors (Lipinski definition) is 10. The lowest BCUT2D eigenvalue weighted by molar-refractivity contribution is 0.0857. The Morgan fingerprint density at radius 2 is 1.16 bits per heavy atom. The summed E-state index contributed by atoms with van der Waals surface area (Å²) in [6.45, 7) is 8.18. The van der Waals surface area contributed by atoms with Crippen LogP contribution in [0.2, 0.25) is 0 Å². The Labute approximate surface area is 335 Å². The van der Waals surface area contributed by atoms with E-state index in [1.807, 2.05) is 97.2 Å². The van der Waals surface area contributed by atoms with Crippen molar-refractivity contribution in [2.45, 2.75) is 89.5 Å². The lowest BCUT2D eigenvalue weighted by atomic mass is 10.1. The summed E-state index contributed by atoms with van der Waals surface area (Å²) in [6, 6.07) is 20.9. The van der Waals surface area contributed by atoms with Gasteiger partial charge in [-0.05, 0) is 128 Å². The normalized spacial score (nSPS) is 16.9. The zero-order chi connectivity index (χ0) is 41.0. The molecule has 6 atom stereocenters. The van der Waals surface area contributed by atoms with Crippen LogP contribution >= 0.6 is 21.3 Å². The minimum absolute atomic E-state index is 0.0920. The van der Waals surface area contributed by atoms with Gasteiger partial charge in [-0.1, -0.05) is 62.9 Å². The molecule has 0 amide bonds. The Morgan fingerprint density at radius 3 is 1.51 bits per heavy atom. The maximum absolute atomic E-state index is 11.4. The summed E-state index contributed by atoms with van der Waals surface area (Å²) < 4.78 is 33.7. The molecule has 0 aromatic heterocycles. The van der Waals surface area contributed by atoms with Gasteiger partial charge in [0, 0.05) is 19.0 Å². The van der Waals surface area contributed by atoms with Crippen molar-refractivity contribution >= 4 is 57.3 Å². The zero-order valence-corrected chi connectivity index (χ0v) is 36.9. The lowest BCUT2D eigenvalue weighted by Crippen LogP contribution is -2.30. The van der Waals surface area contributed by atoms with Crippen molar-refractivity contribution in [3.05, 3.63) is 99.9 Å². The molecule has 0 radical (unpaired) electrons. The van der Waals surface area contributed by atoms with Crippen molar-refractivity contribution in [2.75, 3.05) is 14.1 Å². The summed E-state index contributed by atoms with van der Waals surface area (Å²) in [5.74, 6) is -0.169. The van der Waals surface area contributed by atoms with Gasteiger partial charge in [-0.15, -0.1) is 0 Å². The maximum atomic E-state index is 11.4. The van der Waals surface area contributed by atoms with Crippen LogP contribution in [-0.2, 0) is 28.2 Å². The van der Waals surface area contributed by atoms with Gasteiger partial charge in [-0.2, -0.15) is 10.2 Å². The number of rotatable bonds is 21. The molecule has 0 aliphatic heterocycles. The van der Waals surface area contributed by atoms with Crippen LogP contribution in [0.15, 0.2) is 88.1 Å².